The largest absolute Gasteiger partial charge is 0.383 e. The van der Waals surface area contributed by atoms with Crippen LogP contribution in [-0.2, 0) is 6.42 Å². The average Bonchev–Trinajstić information content (AvgIpc) is 3.11. The first kappa shape index (κ1) is 17.0. The van der Waals surface area contributed by atoms with Gasteiger partial charge >= 0.3 is 0 Å². The molecule has 6 nitrogen and oxygen atoms in total. The van der Waals surface area contributed by atoms with E-state index in [1.165, 1.54) is 5.56 Å². The van der Waals surface area contributed by atoms with E-state index in [0.29, 0.717) is 23.1 Å². The molecule has 136 valence electrons. The number of aromatic amines is 1. The van der Waals surface area contributed by atoms with E-state index < -0.39 is 0 Å². The SMILES string of the molecule is CC(CCc1ccccc1)Nc1n[nH]c2nc(-c3ccccc3)nc(N)c12. The molecule has 2 aromatic heterocycles. The molecule has 4 rings (SSSR count). The summed E-state index contributed by atoms with van der Waals surface area (Å²) < 4.78 is 0. The first-order valence-corrected chi connectivity index (χ1v) is 9.08. The third kappa shape index (κ3) is 3.74. The van der Waals surface area contributed by atoms with Gasteiger partial charge in [0.2, 0.25) is 0 Å². The van der Waals surface area contributed by atoms with Crippen molar-refractivity contribution in [1.82, 2.24) is 20.2 Å². The summed E-state index contributed by atoms with van der Waals surface area (Å²) >= 11 is 0. The van der Waals surface area contributed by atoms with E-state index in [-0.39, 0.29) is 6.04 Å². The normalized spacial score (nSPS) is 12.2. The Morgan fingerprint density at radius 2 is 1.70 bits per heavy atom. The van der Waals surface area contributed by atoms with Gasteiger partial charge in [0.1, 0.15) is 11.2 Å². The Balaban J connectivity index is 1.53. The van der Waals surface area contributed by atoms with Gasteiger partial charge in [0.05, 0.1) is 0 Å². The number of nitrogens with zero attached hydrogens (tertiary/aromatic N) is 3. The van der Waals surface area contributed by atoms with Crippen molar-refractivity contribution >= 4 is 22.7 Å². The molecule has 0 amide bonds. The summed E-state index contributed by atoms with van der Waals surface area (Å²) in [7, 11) is 0. The fourth-order valence-corrected chi connectivity index (χ4v) is 3.11. The van der Waals surface area contributed by atoms with Crippen molar-refractivity contribution in [2.45, 2.75) is 25.8 Å². The second-order valence-electron chi connectivity index (χ2n) is 6.66. The van der Waals surface area contributed by atoms with Gasteiger partial charge in [0, 0.05) is 11.6 Å². The van der Waals surface area contributed by atoms with Crippen LogP contribution in [0.5, 0.6) is 0 Å². The zero-order valence-corrected chi connectivity index (χ0v) is 15.2. The molecule has 4 aromatic rings. The predicted octanol–water partition coefficient (Wildman–Crippen LogP) is 4.04. The number of hydrogen-bond acceptors (Lipinski definition) is 5. The van der Waals surface area contributed by atoms with E-state index in [2.05, 4.69) is 56.7 Å². The van der Waals surface area contributed by atoms with Gasteiger partial charge in [0.25, 0.3) is 0 Å². The smallest absolute Gasteiger partial charge is 0.163 e. The number of benzene rings is 2. The number of nitrogens with two attached hydrogens (primary N) is 1. The van der Waals surface area contributed by atoms with Gasteiger partial charge in [-0.3, -0.25) is 5.10 Å². The van der Waals surface area contributed by atoms with E-state index in [0.717, 1.165) is 23.8 Å². The molecule has 2 aromatic carbocycles. The van der Waals surface area contributed by atoms with Gasteiger partial charge in [-0.1, -0.05) is 60.7 Å². The zero-order valence-electron chi connectivity index (χ0n) is 15.2. The van der Waals surface area contributed by atoms with Gasteiger partial charge in [-0.05, 0) is 25.3 Å². The number of H-pyrrole nitrogens is 1. The average molecular weight is 358 g/mol. The molecule has 27 heavy (non-hydrogen) atoms. The van der Waals surface area contributed by atoms with Crippen LogP contribution in [0, 0.1) is 0 Å². The summed E-state index contributed by atoms with van der Waals surface area (Å²) in [4.78, 5) is 9.05. The molecule has 0 saturated heterocycles. The van der Waals surface area contributed by atoms with Crippen LogP contribution < -0.4 is 11.1 Å². The van der Waals surface area contributed by atoms with Crippen molar-refractivity contribution < 1.29 is 0 Å². The number of fused-ring (bicyclic) bond motifs is 1. The quantitative estimate of drug-likeness (QED) is 0.484. The van der Waals surface area contributed by atoms with Crippen LogP contribution >= 0.6 is 0 Å². The van der Waals surface area contributed by atoms with E-state index in [1.54, 1.807) is 0 Å². The Kier molecular flexibility index (Phi) is 4.70. The lowest BCUT2D eigenvalue weighted by Gasteiger charge is -2.13. The predicted molar refractivity (Wildman–Crippen MR) is 109 cm³/mol. The van der Waals surface area contributed by atoms with E-state index in [9.17, 15) is 0 Å². The third-order valence-corrected chi connectivity index (χ3v) is 4.57. The fourth-order valence-electron chi connectivity index (χ4n) is 3.11. The Hall–Kier alpha value is -3.41. The van der Waals surface area contributed by atoms with E-state index >= 15 is 0 Å². The highest BCUT2D eigenvalue weighted by Gasteiger charge is 2.15. The Morgan fingerprint density at radius 1 is 1.00 bits per heavy atom. The van der Waals surface area contributed by atoms with Gasteiger partial charge in [-0.15, -0.1) is 0 Å². The Bertz CT molecular complexity index is 1030. The Labute approximate surface area is 157 Å². The molecule has 1 atom stereocenters. The summed E-state index contributed by atoms with van der Waals surface area (Å²) in [5.41, 5.74) is 9.12. The molecule has 0 fully saturated rings. The number of anilines is 2. The summed E-state index contributed by atoms with van der Waals surface area (Å²) in [6, 6.07) is 20.5. The first-order chi connectivity index (χ1) is 13.2. The van der Waals surface area contributed by atoms with Crippen molar-refractivity contribution in [1.29, 1.82) is 0 Å². The van der Waals surface area contributed by atoms with Crippen molar-refractivity contribution in [2.24, 2.45) is 0 Å². The van der Waals surface area contributed by atoms with Crippen LogP contribution in [0.1, 0.15) is 18.9 Å². The highest BCUT2D eigenvalue weighted by atomic mass is 15.2. The minimum Gasteiger partial charge on any atom is -0.383 e. The second kappa shape index (κ2) is 7.45. The third-order valence-electron chi connectivity index (χ3n) is 4.57. The lowest BCUT2D eigenvalue weighted by atomic mass is 10.1. The van der Waals surface area contributed by atoms with Crippen LogP contribution in [0.3, 0.4) is 0 Å². The standard InChI is InChI=1S/C21H22N6/c1-14(12-13-15-8-4-2-5-9-15)23-20-17-18(22)24-19(25-21(17)27-26-20)16-10-6-3-7-11-16/h2-11,14H,12-13H2,1H3,(H4,22,23,24,25,26,27). The summed E-state index contributed by atoms with van der Waals surface area (Å²) in [6.07, 6.45) is 1.99. The van der Waals surface area contributed by atoms with Gasteiger partial charge in [-0.2, -0.15) is 5.10 Å². The first-order valence-electron chi connectivity index (χ1n) is 9.08. The lowest BCUT2D eigenvalue weighted by molar-refractivity contribution is 0.703. The van der Waals surface area contributed by atoms with Crippen molar-refractivity contribution in [3.05, 3.63) is 66.2 Å². The molecule has 4 N–H and O–H groups in total. The van der Waals surface area contributed by atoms with Crippen molar-refractivity contribution in [3.8, 4) is 11.4 Å². The number of aryl methyl sites for hydroxylation is 1. The molecule has 0 aliphatic rings. The molecule has 0 aliphatic heterocycles. The van der Waals surface area contributed by atoms with Gasteiger partial charge < -0.3 is 11.1 Å². The molecular formula is C21H22N6. The van der Waals surface area contributed by atoms with E-state index in [1.807, 2.05) is 36.4 Å². The highest BCUT2D eigenvalue weighted by molar-refractivity contribution is 5.96. The van der Waals surface area contributed by atoms with E-state index in [4.69, 9.17) is 5.73 Å². The number of hydrogen-bond donors (Lipinski definition) is 3. The number of aromatic nitrogens is 4. The van der Waals surface area contributed by atoms with Gasteiger partial charge in [0.15, 0.2) is 17.3 Å². The van der Waals surface area contributed by atoms with Gasteiger partial charge in [-0.25, -0.2) is 9.97 Å². The molecule has 0 spiro atoms. The van der Waals surface area contributed by atoms with Crippen molar-refractivity contribution in [3.63, 3.8) is 0 Å². The number of rotatable bonds is 6. The molecule has 0 bridgehead atoms. The fraction of sp³-hybridized carbons (Fsp3) is 0.190. The summed E-state index contributed by atoms with van der Waals surface area (Å²) in [5.74, 6) is 1.71. The second-order valence-corrected chi connectivity index (χ2v) is 6.66. The monoisotopic (exact) mass is 358 g/mol. The topological polar surface area (TPSA) is 92.5 Å². The van der Waals surface area contributed by atoms with Crippen LogP contribution in [0.25, 0.3) is 22.4 Å². The maximum Gasteiger partial charge on any atom is 0.163 e. The summed E-state index contributed by atoms with van der Waals surface area (Å²) in [5, 5.41) is 11.5. The van der Waals surface area contributed by atoms with Crippen LogP contribution in [0.2, 0.25) is 0 Å². The highest BCUT2D eigenvalue weighted by Crippen LogP contribution is 2.27. The minimum atomic E-state index is 0.241. The van der Waals surface area contributed by atoms with Crippen LogP contribution in [-0.4, -0.2) is 26.2 Å². The molecule has 2 heterocycles. The van der Waals surface area contributed by atoms with Crippen LogP contribution in [0.4, 0.5) is 11.6 Å². The molecular weight excluding hydrogens is 336 g/mol. The molecule has 6 heteroatoms. The molecule has 1 unspecified atom stereocenters. The molecule has 0 aliphatic carbocycles. The Morgan fingerprint density at radius 3 is 2.44 bits per heavy atom. The van der Waals surface area contributed by atoms with Crippen LogP contribution in [0.15, 0.2) is 60.7 Å². The maximum atomic E-state index is 6.23. The zero-order chi connectivity index (χ0) is 18.6. The van der Waals surface area contributed by atoms with Crippen molar-refractivity contribution in [2.75, 3.05) is 11.1 Å². The molecule has 0 saturated carbocycles. The minimum absolute atomic E-state index is 0.241. The number of nitrogen functional groups attached to an aromatic ring is 1. The summed E-state index contributed by atoms with van der Waals surface area (Å²) in [6.45, 7) is 2.14. The molecule has 0 radical (unpaired) electrons. The lowest BCUT2D eigenvalue weighted by Crippen LogP contribution is -2.16. The maximum absolute atomic E-state index is 6.23. The number of nitrogens with one attached hydrogen (secondary N) is 2.